The fourth-order valence-electron chi connectivity index (χ4n) is 2.55. The number of allylic oxidation sites excluding steroid dienone is 1. The van der Waals surface area contributed by atoms with Crippen LogP contribution in [0.25, 0.3) is 17.0 Å². The van der Waals surface area contributed by atoms with Crippen LogP contribution in [0.4, 0.5) is 13.2 Å². The van der Waals surface area contributed by atoms with Gasteiger partial charge in [-0.15, -0.1) is 0 Å². The molecular formula is C18H10Cl2F3N3. The Morgan fingerprint density at radius 3 is 2.58 bits per heavy atom. The number of alkyl halides is 3. The molecule has 0 bridgehead atoms. The minimum absolute atomic E-state index is 0.161. The number of benzene rings is 2. The maximum atomic E-state index is 13.1. The third kappa shape index (κ3) is 3.69. The molecule has 3 aromatic rings. The number of fused-ring (bicyclic) bond motifs is 1. The molecule has 0 saturated carbocycles. The summed E-state index contributed by atoms with van der Waals surface area (Å²) in [6.07, 6.45) is -1.79. The summed E-state index contributed by atoms with van der Waals surface area (Å²) < 4.78 is 40.6. The maximum absolute atomic E-state index is 13.1. The lowest BCUT2D eigenvalue weighted by Crippen LogP contribution is -2.06. The normalized spacial score (nSPS) is 12.0. The number of nitriles is 1. The Bertz CT molecular complexity index is 1050. The summed E-state index contributed by atoms with van der Waals surface area (Å²) in [5.74, 6) is 0. The van der Waals surface area contributed by atoms with E-state index in [0.717, 1.165) is 12.1 Å². The molecule has 1 aromatic heterocycles. The van der Waals surface area contributed by atoms with Gasteiger partial charge in [0.15, 0.2) is 0 Å². The van der Waals surface area contributed by atoms with E-state index in [2.05, 4.69) is 5.10 Å². The van der Waals surface area contributed by atoms with Crippen molar-refractivity contribution in [3.8, 4) is 6.07 Å². The van der Waals surface area contributed by atoms with Gasteiger partial charge in [0.25, 0.3) is 0 Å². The van der Waals surface area contributed by atoms with E-state index in [1.54, 1.807) is 18.2 Å². The second-order valence-electron chi connectivity index (χ2n) is 5.47. The molecule has 0 atom stereocenters. The summed E-state index contributed by atoms with van der Waals surface area (Å²) in [6, 6.07) is 10.1. The highest BCUT2D eigenvalue weighted by molar-refractivity contribution is 6.35. The molecule has 132 valence electrons. The maximum Gasteiger partial charge on any atom is 0.416 e. The molecule has 0 aliphatic heterocycles. The van der Waals surface area contributed by atoms with Crippen LogP contribution in [0, 0.1) is 11.3 Å². The molecule has 0 radical (unpaired) electrons. The largest absolute Gasteiger partial charge is 0.416 e. The van der Waals surface area contributed by atoms with Crippen molar-refractivity contribution >= 4 is 40.2 Å². The lowest BCUT2D eigenvalue weighted by molar-refractivity contribution is -0.137. The van der Waals surface area contributed by atoms with Crippen molar-refractivity contribution in [1.82, 2.24) is 9.78 Å². The van der Waals surface area contributed by atoms with Crippen molar-refractivity contribution in [2.45, 2.75) is 12.7 Å². The lowest BCUT2D eigenvalue weighted by atomic mass is 10.1. The van der Waals surface area contributed by atoms with Crippen LogP contribution >= 0.6 is 23.2 Å². The minimum Gasteiger partial charge on any atom is -0.260 e. The fourth-order valence-corrected chi connectivity index (χ4v) is 3.02. The van der Waals surface area contributed by atoms with Crippen LogP contribution in [-0.4, -0.2) is 9.78 Å². The first-order valence-corrected chi connectivity index (χ1v) is 8.13. The predicted octanol–water partition coefficient (Wildman–Crippen LogP) is 5.95. The van der Waals surface area contributed by atoms with Gasteiger partial charge in [0.05, 0.1) is 29.4 Å². The van der Waals surface area contributed by atoms with Crippen LogP contribution in [0.15, 0.2) is 42.5 Å². The quantitative estimate of drug-likeness (QED) is 0.514. The van der Waals surface area contributed by atoms with Crippen LogP contribution < -0.4 is 0 Å². The summed E-state index contributed by atoms with van der Waals surface area (Å²) in [6.45, 7) is 0.161. The number of hydrogen-bond donors (Lipinski definition) is 0. The SMILES string of the molecule is N#C/C=C/c1nn(Cc2ccc(Cl)cc2Cl)c2cc(C(F)(F)F)ccc12. The van der Waals surface area contributed by atoms with Crippen LogP contribution in [0.2, 0.25) is 10.0 Å². The van der Waals surface area contributed by atoms with Gasteiger partial charge in [-0.05, 0) is 42.0 Å². The highest BCUT2D eigenvalue weighted by Gasteiger charge is 2.31. The van der Waals surface area contributed by atoms with Gasteiger partial charge in [0.1, 0.15) is 0 Å². The Kier molecular flexibility index (Phi) is 4.94. The van der Waals surface area contributed by atoms with Crippen molar-refractivity contribution < 1.29 is 13.2 Å². The van der Waals surface area contributed by atoms with Gasteiger partial charge in [-0.25, -0.2) is 0 Å². The lowest BCUT2D eigenvalue weighted by Gasteiger charge is -2.09. The predicted molar refractivity (Wildman–Crippen MR) is 94.9 cm³/mol. The van der Waals surface area contributed by atoms with E-state index in [-0.39, 0.29) is 6.54 Å². The summed E-state index contributed by atoms with van der Waals surface area (Å²) in [5, 5.41) is 14.4. The Morgan fingerprint density at radius 1 is 1.15 bits per heavy atom. The first-order chi connectivity index (χ1) is 12.3. The van der Waals surface area contributed by atoms with Gasteiger partial charge in [-0.1, -0.05) is 29.3 Å². The highest BCUT2D eigenvalue weighted by atomic mass is 35.5. The smallest absolute Gasteiger partial charge is 0.260 e. The van der Waals surface area contributed by atoms with Crippen molar-refractivity contribution in [1.29, 1.82) is 5.26 Å². The molecule has 0 unspecified atom stereocenters. The van der Waals surface area contributed by atoms with Crippen LogP contribution in [0.1, 0.15) is 16.8 Å². The van der Waals surface area contributed by atoms with Gasteiger partial charge in [0.2, 0.25) is 0 Å². The van der Waals surface area contributed by atoms with Crippen molar-refractivity contribution in [3.63, 3.8) is 0 Å². The molecule has 0 saturated heterocycles. The average Bonchev–Trinajstić information content (AvgIpc) is 2.92. The van der Waals surface area contributed by atoms with E-state index in [0.29, 0.717) is 32.2 Å². The van der Waals surface area contributed by atoms with Gasteiger partial charge >= 0.3 is 6.18 Å². The Hall–Kier alpha value is -2.49. The average molecular weight is 396 g/mol. The van der Waals surface area contributed by atoms with Crippen molar-refractivity contribution in [2.24, 2.45) is 0 Å². The van der Waals surface area contributed by atoms with E-state index in [9.17, 15) is 13.2 Å². The first kappa shape index (κ1) is 18.3. The Labute approximate surface area is 156 Å². The van der Waals surface area contributed by atoms with E-state index >= 15 is 0 Å². The van der Waals surface area contributed by atoms with Gasteiger partial charge in [-0.2, -0.15) is 23.5 Å². The highest BCUT2D eigenvalue weighted by Crippen LogP contribution is 2.33. The van der Waals surface area contributed by atoms with Gasteiger partial charge in [0, 0.05) is 21.5 Å². The molecular weight excluding hydrogens is 386 g/mol. The summed E-state index contributed by atoms with van der Waals surface area (Å²) in [7, 11) is 0. The molecule has 3 nitrogen and oxygen atoms in total. The first-order valence-electron chi connectivity index (χ1n) is 7.37. The fraction of sp³-hybridized carbons (Fsp3) is 0.111. The molecule has 0 aliphatic rings. The summed E-state index contributed by atoms with van der Waals surface area (Å²) >= 11 is 12.0. The zero-order valence-electron chi connectivity index (χ0n) is 13.1. The summed E-state index contributed by atoms with van der Waals surface area (Å²) in [4.78, 5) is 0. The monoisotopic (exact) mass is 395 g/mol. The molecule has 3 rings (SSSR count). The van der Waals surface area contributed by atoms with Crippen molar-refractivity contribution in [3.05, 3.63) is 69.3 Å². The van der Waals surface area contributed by atoms with Gasteiger partial charge in [-0.3, -0.25) is 4.68 Å². The molecule has 26 heavy (non-hydrogen) atoms. The van der Waals surface area contributed by atoms with E-state index in [1.807, 2.05) is 6.07 Å². The molecule has 0 N–H and O–H groups in total. The third-order valence-electron chi connectivity index (χ3n) is 3.76. The molecule has 1 heterocycles. The molecule has 0 aliphatic carbocycles. The third-order valence-corrected chi connectivity index (χ3v) is 4.35. The van der Waals surface area contributed by atoms with E-state index in [1.165, 1.54) is 22.9 Å². The number of rotatable bonds is 3. The molecule has 0 amide bonds. The minimum atomic E-state index is -4.47. The molecule has 0 spiro atoms. The zero-order valence-corrected chi connectivity index (χ0v) is 14.6. The second-order valence-corrected chi connectivity index (χ2v) is 6.31. The molecule has 8 heteroatoms. The molecule has 2 aromatic carbocycles. The van der Waals surface area contributed by atoms with Crippen LogP contribution in [0.3, 0.4) is 0 Å². The number of halogens is 5. The van der Waals surface area contributed by atoms with E-state index < -0.39 is 11.7 Å². The topological polar surface area (TPSA) is 41.6 Å². The second kappa shape index (κ2) is 7.02. The standard InChI is InChI=1S/C18H10Cl2F3N3/c19-13-5-3-11(15(20)9-13)10-26-17-8-12(18(21,22)23)4-6-14(17)16(25-26)2-1-7-24/h1-6,8-9H,10H2/b2-1+. The number of nitrogens with zero attached hydrogens (tertiary/aromatic N) is 3. The zero-order chi connectivity index (χ0) is 18.9. The Balaban J connectivity index is 2.16. The van der Waals surface area contributed by atoms with Crippen LogP contribution in [-0.2, 0) is 12.7 Å². The van der Waals surface area contributed by atoms with Crippen molar-refractivity contribution in [2.75, 3.05) is 0 Å². The van der Waals surface area contributed by atoms with Gasteiger partial charge < -0.3 is 0 Å². The van der Waals surface area contributed by atoms with Crippen LogP contribution in [0.5, 0.6) is 0 Å². The molecule has 0 fully saturated rings. The summed E-state index contributed by atoms with van der Waals surface area (Å²) in [5.41, 5.74) is 0.585. The van der Waals surface area contributed by atoms with E-state index in [4.69, 9.17) is 28.5 Å². The number of hydrogen-bond acceptors (Lipinski definition) is 2. The number of aromatic nitrogens is 2. The Morgan fingerprint density at radius 2 is 1.92 bits per heavy atom.